The lowest BCUT2D eigenvalue weighted by molar-refractivity contribution is 0.0909. The van der Waals surface area contributed by atoms with Crippen LogP contribution >= 0.6 is 0 Å². The molecule has 5 nitrogen and oxygen atoms in total. The van der Waals surface area contributed by atoms with Crippen molar-refractivity contribution in [1.82, 2.24) is 15.1 Å². The predicted molar refractivity (Wildman–Crippen MR) is 86.1 cm³/mol. The molecule has 0 saturated heterocycles. The third-order valence-corrected chi connectivity index (χ3v) is 4.26. The summed E-state index contributed by atoms with van der Waals surface area (Å²) in [5.41, 5.74) is 7.58. The summed E-state index contributed by atoms with van der Waals surface area (Å²) in [7, 11) is 0. The van der Waals surface area contributed by atoms with Crippen LogP contribution < -0.4 is 11.1 Å². The number of carbonyl (C=O) groups excluding carboxylic acids is 1. The van der Waals surface area contributed by atoms with E-state index < -0.39 is 17.2 Å². The molecule has 128 valence electrons. The molecule has 3 N–H and O–H groups in total. The summed E-state index contributed by atoms with van der Waals surface area (Å²) in [6.45, 7) is 3.96. The van der Waals surface area contributed by atoms with E-state index in [4.69, 9.17) is 5.73 Å². The number of halogens is 2. The number of fused-ring (bicyclic) bond motifs is 1. The van der Waals surface area contributed by atoms with Crippen molar-refractivity contribution in [2.75, 3.05) is 6.54 Å². The van der Waals surface area contributed by atoms with E-state index in [9.17, 15) is 13.6 Å². The van der Waals surface area contributed by atoms with Gasteiger partial charge in [-0.25, -0.2) is 13.5 Å². The molecule has 0 fully saturated rings. The lowest BCUT2D eigenvalue weighted by Gasteiger charge is -2.23. The van der Waals surface area contributed by atoms with Crippen LogP contribution in [0.3, 0.4) is 0 Å². The molecule has 0 bridgehead atoms. The fourth-order valence-electron chi connectivity index (χ4n) is 2.87. The van der Waals surface area contributed by atoms with Crippen LogP contribution in [-0.4, -0.2) is 27.8 Å². The Bertz CT molecular complexity index is 798. The highest BCUT2D eigenvalue weighted by atomic mass is 19.2. The first-order chi connectivity index (χ1) is 11.3. The maximum Gasteiger partial charge on any atom is 0.272 e. The van der Waals surface area contributed by atoms with E-state index in [1.165, 1.54) is 10.7 Å². The number of nitrogens with two attached hydrogens (primary N) is 1. The summed E-state index contributed by atoms with van der Waals surface area (Å²) in [6.07, 6.45) is 2.39. The van der Waals surface area contributed by atoms with E-state index in [1.54, 1.807) is 0 Å². The number of aromatic nitrogens is 2. The van der Waals surface area contributed by atoms with Gasteiger partial charge in [0, 0.05) is 29.4 Å². The third kappa shape index (κ3) is 2.91. The lowest BCUT2D eigenvalue weighted by Crippen LogP contribution is -2.49. The molecule has 0 unspecified atom stereocenters. The Kier molecular flexibility index (Phi) is 4.13. The highest BCUT2D eigenvalue weighted by Crippen LogP contribution is 2.28. The van der Waals surface area contributed by atoms with Crippen LogP contribution in [0.4, 0.5) is 8.78 Å². The summed E-state index contributed by atoms with van der Waals surface area (Å²) in [5, 5.41) is 7.23. The number of carbonyl (C=O) groups is 1. The summed E-state index contributed by atoms with van der Waals surface area (Å²) in [4.78, 5) is 12.6. The Morgan fingerprint density at radius 2 is 2.08 bits per heavy atom. The molecular formula is C17H20F2N4O. The van der Waals surface area contributed by atoms with E-state index in [2.05, 4.69) is 10.4 Å². The normalized spacial score (nSPS) is 13.9. The third-order valence-electron chi connectivity index (χ3n) is 4.26. The van der Waals surface area contributed by atoms with Crippen LogP contribution in [0.25, 0.3) is 5.69 Å². The standard InChI is InChI=1S/C17H20F2N4O/c1-17(2,9-20)21-16(24)15-11-4-3-5-14(11)23(22-15)10-6-7-12(18)13(19)8-10/h6-8H,3-5,9,20H2,1-2H3,(H,21,24). The van der Waals surface area contributed by atoms with Gasteiger partial charge in [-0.05, 0) is 45.2 Å². The minimum Gasteiger partial charge on any atom is -0.344 e. The highest BCUT2D eigenvalue weighted by Gasteiger charge is 2.29. The van der Waals surface area contributed by atoms with Gasteiger partial charge in [0.25, 0.3) is 5.91 Å². The number of benzene rings is 1. The SMILES string of the molecule is CC(C)(CN)NC(=O)c1nn(-c2ccc(F)c(F)c2)c2c1CCC2. The Balaban J connectivity index is 2.01. The Labute approximate surface area is 138 Å². The number of amides is 1. The Hall–Kier alpha value is -2.28. The second kappa shape index (κ2) is 5.98. The number of hydrogen-bond donors (Lipinski definition) is 2. The first-order valence-electron chi connectivity index (χ1n) is 7.91. The maximum absolute atomic E-state index is 13.5. The minimum absolute atomic E-state index is 0.296. The fraction of sp³-hybridized carbons (Fsp3) is 0.412. The maximum atomic E-state index is 13.5. The molecule has 0 aliphatic heterocycles. The molecular weight excluding hydrogens is 314 g/mol. The average molecular weight is 334 g/mol. The summed E-state index contributed by atoms with van der Waals surface area (Å²) < 4.78 is 28.2. The number of rotatable bonds is 4. The van der Waals surface area contributed by atoms with Crippen LogP contribution in [-0.2, 0) is 12.8 Å². The van der Waals surface area contributed by atoms with Crippen LogP contribution in [0.1, 0.15) is 42.0 Å². The summed E-state index contributed by atoms with van der Waals surface area (Å²) >= 11 is 0. The molecule has 7 heteroatoms. The van der Waals surface area contributed by atoms with E-state index >= 15 is 0 Å². The van der Waals surface area contributed by atoms with Crippen LogP contribution in [0.15, 0.2) is 18.2 Å². The lowest BCUT2D eigenvalue weighted by atomic mass is 10.1. The quantitative estimate of drug-likeness (QED) is 0.899. The van der Waals surface area contributed by atoms with Crippen molar-refractivity contribution >= 4 is 5.91 Å². The Morgan fingerprint density at radius 3 is 2.75 bits per heavy atom. The molecule has 0 radical (unpaired) electrons. The molecule has 2 aromatic rings. The molecule has 24 heavy (non-hydrogen) atoms. The van der Waals surface area contributed by atoms with Gasteiger partial charge in [0.15, 0.2) is 17.3 Å². The molecule has 1 heterocycles. The summed E-state index contributed by atoms with van der Waals surface area (Å²) in [5.74, 6) is -2.15. The van der Waals surface area contributed by atoms with Gasteiger partial charge in [-0.2, -0.15) is 5.10 Å². The summed E-state index contributed by atoms with van der Waals surface area (Å²) in [6, 6.07) is 3.60. The average Bonchev–Trinajstić information content (AvgIpc) is 3.11. The van der Waals surface area contributed by atoms with Crippen molar-refractivity contribution < 1.29 is 13.6 Å². The van der Waals surface area contributed by atoms with Crippen LogP contribution in [0, 0.1) is 11.6 Å². The molecule has 1 aliphatic rings. The zero-order valence-corrected chi connectivity index (χ0v) is 13.7. The van der Waals surface area contributed by atoms with Gasteiger partial charge >= 0.3 is 0 Å². The van der Waals surface area contributed by atoms with Gasteiger partial charge in [-0.3, -0.25) is 4.79 Å². The van der Waals surface area contributed by atoms with Gasteiger partial charge in [-0.15, -0.1) is 0 Å². The van der Waals surface area contributed by atoms with Gasteiger partial charge in [-0.1, -0.05) is 0 Å². The van der Waals surface area contributed by atoms with E-state index in [1.807, 2.05) is 13.8 Å². The topological polar surface area (TPSA) is 72.9 Å². The zero-order chi connectivity index (χ0) is 17.5. The van der Waals surface area contributed by atoms with Crippen LogP contribution in [0.2, 0.25) is 0 Å². The van der Waals surface area contributed by atoms with Crippen molar-refractivity contribution in [3.8, 4) is 5.69 Å². The minimum atomic E-state index is -0.940. The second-order valence-corrected chi connectivity index (χ2v) is 6.68. The highest BCUT2D eigenvalue weighted by molar-refractivity contribution is 5.94. The first-order valence-corrected chi connectivity index (χ1v) is 7.91. The monoisotopic (exact) mass is 334 g/mol. The number of nitrogens with zero attached hydrogens (tertiary/aromatic N) is 2. The van der Waals surface area contributed by atoms with E-state index in [-0.39, 0.29) is 5.91 Å². The predicted octanol–water partition coefficient (Wildman–Crippen LogP) is 2.11. The van der Waals surface area contributed by atoms with Crippen molar-refractivity contribution in [3.63, 3.8) is 0 Å². The van der Waals surface area contributed by atoms with Crippen molar-refractivity contribution in [2.24, 2.45) is 5.73 Å². The van der Waals surface area contributed by atoms with E-state index in [0.29, 0.717) is 17.9 Å². The fourth-order valence-corrected chi connectivity index (χ4v) is 2.87. The van der Waals surface area contributed by atoms with Crippen molar-refractivity contribution in [2.45, 2.75) is 38.6 Å². The largest absolute Gasteiger partial charge is 0.344 e. The molecule has 0 spiro atoms. The van der Waals surface area contributed by atoms with Crippen molar-refractivity contribution in [3.05, 3.63) is 46.8 Å². The molecule has 1 aromatic heterocycles. The molecule has 0 saturated carbocycles. The first kappa shape index (κ1) is 16.6. The van der Waals surface area contributed by atoms with E-state index in [0.717, 1.165) is 42.7 Å². The molecule has 1 aromatic carbocycles. The molecule has 1 aliphatic carbocycles. The molecule has 3 rings (SSSR count). The van der Waals surface area contributed by atoms with Gasteiger partial charge in [0.1, 0.15) is 0 Å². The van der Waals surface area contributed by atoms with Crippen molar-refractivity contribution in [1.29, 1.82) is 0 Å². The second-order valence-electron chi connectivity index (χ2n) is 6.68. The molecule has 0 atom stereocenters. The van der Waals surface area contributed by atoms with Gasteiger partial charge in [0.05, 0.1) is 5.69 Å². The molecule has 1 amide bonds. The van der Waals surface area contributed by atoms with Crippen LogP contribution in [0.5, 0.6) is 0 Å². The number of nitrogens with one attached hydrogen (secondary N) is 1. The van der Waals surface area contributed by atoms with Gasteiger partial charge < -0.3 is 11.1 Å². The smallest absolute Gasteiger partial charge is 0.272 e. The Morgan fingerprint density at radius 1 is 1.33 bits per heavy atom. The number of hydrogen-bond acceptors (Lipinski definition) is 3. The van der Waals surface area contributed by atoms with Gasteiger partial charge in [0.2, 0.25) is 0 Å². The zero-order valence-electron chi connectivity index (χ0n) is 13.7.